The van der Waals surface area contributed by atoms with Gasteiger partial charge in [-0.3, -0.25) is 14.4 Å². The molecule has 1 aromatic carbocycles. The summed E-state index contributed by atoms with van der Waals surface area (Å²) < 4.78 is 10.9. The average Bonchev–Trinajstić information content (AvgIpc) is 2.66. The van der Waals surface area contributed by atoms with Gasteiger partial charge in [0.05, 0.1) is 5.56 Å². The van der Waals surface area contributed by atoms with Gasteiger partial charge in [0, 0.05) is 30.6 Å². The third kappa shape index (κ3) is 4.02. The molecule has 2 aromatic rings. The number of amides is 2. The molecule has 1 aromatic heterocycles. The molecule has 2 amide bonds. The van der Waals surface area contributed by atoms with Crippen LogP contribution in [0, 0.1) is 0 Å². The maximum absolute atomic E-state index is 12.5. The molecule has 8 nitrogen and oxygen atoms in total. The molecule has 0 radical (unpaired) electrons. The number of carbonyl (C=O) groups is 2. The van der Waals surface area contributed by atoms with Crippen LogP contribution in [-0.4, -0.2) is 48.0 Å². The van der Waals surface area contributed by atoms with Crippen molar-refractivity contribution in [3.63, 3.8) is 0 Å². The van der Waals surface area contributed by atoms with Crippen LogP contribution in [0.2, 0.25) is 0 Å². The van der Waals surface area contributed by atoms with E-state index in [0.29, 0.717) is 42.5 Å². The Kier molecular flexibility index (Phi) is 5.21. The summed E-state index contributed by atoms with van der Waals surface area (Å²) in [7, 11) is 0. The second-order valence-electron chi connectivity index (χ2n) is 5.67. The zero-order valence-corrected chi connectivity index (χ0v) is 14.3. The number of benzene rings is 1. The third-order valence-corrected chi connectivity index (χ3v) is 3.86. The number of ether oxygens (including phenoxy) is 2. The molecule has 0 spiro atoms. The lowest BCUT2D eigenvalue weighted by Gasteiger charge is -2.21. The topological polar surface area (TPSA) is 101 Å². The molecule has 0 unspecified atom stereocenters. The van der Waals surface area contributed by atoms with Crippen molar-refractivity contribution >= 4 is 17.5 Å². The predicted octanol–water partition coefficient (Wildman–Crippen LogP) is 1.25. The minimum Gasteiger partial charge on any atom is -0.486 e. The number of carbonyl (C=O) groups excluding carboxylic acids is 2. The maximum atomic E-state index is 12.5. The van der Waals surface area contributed by atoms with Gasteiger partial charge in [-0.25, -0.2) is 0 Å². The standard InChI is InChI=1S/C18H19N3O5/c1-2-21(18(24)12-3-6-16(22)19-10-12)11-17(23)20-13-4-5-14-15(9-13)26-8-7-25-14/h3-6,9-10H,2,7-8,11H2,1H3,(H,19,22)(H,20,23). The van der Waals surface area contributed by atoms with E-state index in [1.165, 1.54) is 23.2 Å². The first-order chi connectivity index (χ1) is 12.6. The molecule has 136 valence electrons. The van der Waals surface area contributed by atoms with E-state index in [9.17, 15) is 14.4 Å². The van der Waals surface area contributed by atoms with Gasteiger partial charge in [0.2, 0.25) is 11.5 Å². The lowest BCUT2D eigenvalue weighted by atomic mass is 10.2. The third-order valence-electron chi connectivity index (χ3n) is 3.86. The molecule has 3 rings (SSSR count). The van der Waals surface area contributed by atoms with Crippen molar-refractivity contribution in [1.82, 2.24) is 9.88 Å². The van der Waals surface area contributed by atoms with E-state index >= 15 is 0 Å². The Hall–Kier alpha value is -3.29. The Bertz CT molecular complexity index is 857. The van der Waals surface area contributed by atoms with Crippen molar-refractivity contribution in [1.29, 1.82) is 0 Å². The van der Waals surface area contributed by atoms with Crippen LogP contribution < -0.4 is 20.3 Å². The molecule has 0 saturated heterocycles. The minimum absolute atomic E-state index is 0.108. The number of nitrogens with zero attached hydrogens (tertiary/aromatic N) is 1. The Labute approximate surface area is 149 Å². The fourth-order valence-corrected chi connectivity index (χ4v) is 2.55. The zero-order valence-electron chi connectivity index (χ0n) is 14.3. The van der Waals surface area contributed by atoms with Gasteiger partial charge in [0.15, 0.2) is 11.5 Å². The first-order valence-corrected chi connectivity index (χ1v) is 8.24. The number of hydrogen-bond acceptors (Lipinski definition) is 5. The minimum atomic E-state index is -0.332. The molecule has 0 fully saturated rings. The van der Waals surface area contributed by atoms with E-state index in [0.717, 1.165) is 0 Å². The van der Waals surface area contributed by atoms with Gasteiger partial charge in [0.25, 0.3) is 5.91 Å². The normalized spacial score (nSPS) is 12.3. The van der Waals surface area contributed by atoms with Crippen LogP contribution in [0.1, 0.15) is 17.3 Å². The number of rotatable bonds is 5. The van der Waals surface area contributed by atoms with Gasteiger partial charge < -0.3 is 24.7 Å². The number of pyridine rings is 1. The van der Waals surface area contributed by atoms with Gasteiger partial charge in [0.1, 0.15) is 19.8 Å². The van der Waals surface area contributed by atoms with Gasteiger partial charge in [-0.2, -0.15) is 0 Å². The van der Waals surface area contributed by atoms with Crippen molar-refractivity contribution in [2.75, 3.05) is 31.6 Å². The zero-order chi connectivity index (χ0) is 18.5. The number of hydrogen-bond donors (Lipinski definition) is 2. The summed E-state index contributed by atoms with van der Waals surface area (Å²) in [5.74, 6) is 0.547. The SMILES string of the molecule is CCN(CC(=O)Nc1ccc2c(c1)OCCO2)C(=O)c1ccc(=O)[nH]c1. The van der Waals surface area contributed by atoms with Crippen molar-refractivity contribution < 1.29 is 19.1 Å². The molecule has 8 heteroatoms. The van der Waals surface area contributed by atoms with E-state index in [1.54, 1.807) is 25.1 Å². The van der Waals surface area contributed by atoms with Gasteiger partial charge in [-0.05, 0) is 25.1 Å². The van der Waals surface area contributed by atoms with Gasteiger partial charge >= 0.3 is 0 Å². The highest BCUT2D eigenvalue weighted by Gasteiger charge is 2.18. The Morgan fingerprint density at radius 2 is 1.92 bits per heavy atom. The predicted molar refractivity (Wildman–Crippen MR) is 94.7 cm³/mol. The summed E-state index contributed by atoms with van der Waals surface area (Å²) in [6, 6.07) is 7.84. The highest BCUT2D eigenvalue weighted by atomic mass is 16.6. The van der Waals surface area contributed by atoms with Crippen LogP contribution >= 0.6 is 0 Å². The summed E-state index contributed by atoms with van der Waals surface area (Å²) in [4.78, 5) is 39.7. The molecule has 2 N–H and O–H groups in total. The summed E-state index contributed by atoms with van der Waals surface area (Å²) in [6.45, 7) is 2.98. The summed E-state index contributed by atoms with van der Waals surface area (Å²) in [5.41, 5.74) is 0.589. The molecule has 1 aliphatic heterocycles. The van der Waals surface area contributed by atoms with Crippen molar-refractivity contribution in [3.05, 3.63) is 52.4 Å². The molecule has 0 atom stereocenters. The lowest BCUT2D eigenvalue weighted by molar-refractivity contribution is -0.116. The van der Waals surface area contributed by atoms with Gasteiger partial charge in [-0.15, -0.1) is 0 Å². The number of aromatic nitrogens is 1. The van der Waals surface area contributed by atoms with Crippen molar-refractivity contribution in [2.24, 2.45) is 0 Å². The summed E-state index contributed by atoms with van der Waals surface area (Å²) >= 11 is 0. The van der Waals surface area contributed by atoms with Crippen molar-refractivity contribution in [2.45, 2.75) is 6.92 Å². The van der Waals surface area contributed by atoms with Gasteiger partial charge in [-0.1, -0.05) is 0 Å². The second-order valence-corrected chi connectivity index (χ2v) is 5.67. The van der Waals surface area contributed by atoms with Crippen LogP contribution in [0.4, 0.5) is 5.69 Å². The van der Waals surface area contributed by atoms with E-state index < -0.39 is 0 Å². The molecule has 26 heavy (non-hydrogen) atoms. The number of fused-ring (bicyclic) bond motifs is 1. The monoisotopic (exact) mass is 357 g/mol. The Balaban J connectivity index is 1.65. The molecular formula is C18H19N3O5. The van der Waals surface area contributed by atoms with Crippen molar-refractivity contribution in [3.8, 4) is 11.5 Å². The number of nitrogens with one attached hydrogen (secondary N) is 2. The molecule has 0 saturated carbocycles. The Morgan fingerprint density at radius 1 is 1.15 bits per heavy atom. The van der Waals surface area contributed by atoms with E-state index in [1.807, 2.05) is 0 Å². The molecule has 2 heterocycles. The Morgan fingerprint density at radius 3 is 2.62 bits per heavy atom. The number of H-pyrrole nitrogens is 1. The van der Waals surface area contributed by atoms with Crippen LogP contribution in [0.5, 0.6) is 11.5 Å². The molecule has 0 aliphatic carbocycles. The molecule has 0 bridgehead atoms. The van der Waals surface area contributed by atoms with Crippen LogP contribution in [0.15, 0.2) is 41.3 Å². The van der Waals surface area contributed by atoms with Crippen LogP contribution in [0.3, 0.4) is 0 Å². The van der Waals surface area contributed by atoms with E-state index in [-0.39, 0.29) is 23.9 Å². The number of aromatic amines is 1. The molecule has 1 aliphatic rings. The number of anilines is 1. The second kappa shape index (κ2) is 7.73. The first-order valence-electron chi connectivity index (χ1n) is 8.24. The maximum Gasteiger partial charge on any atom is 0.255 e. The first kappa shape index (κ1) is 17.5. The number of likely N-dealkylation sites (N-methyl/N-ethyl adjacent to an activating group) is 1. The lowest BCUT2D eigenvalue weighted by Crippen LogP contribution is -2.38. The largest absolute Gasteiger partial charge is 0.486 e. The quantitative estimate of drug-likeness (QED) is 0.839. The van der Waals surface area contributed by atoms with Crippen LogP contribution in [-0.2, 0) is 4.79 Å². The average molecular weight is 357 g/mol. The van der Waals surface area contributed by atoms with E-state index in [4.69, 9.17) is 9.47 Å². The fourth-order valence-electron chi connectivity index (χ4n) is 2.55. The fraction of sp³-hybridized carbons (Fsp3) is 0.278. The summed E-state index contributed by atoms with van der Waals surface area (Å²) in [5, 5.41) is 2.75. The highest BCUT2D eigenvalue weighted by Crippen LogP contribution is 2.32. The smallest absolute Gasteiger partial charge is 0.255 e. The van der Waals surface area contributed by atoms with E-state index in [2.05, 4.69) is 10.3 Å². The highest BCUT2D eigenvalue weighted by molar-refractivity contribution is 5.99. The summed E-state index contributed by atoms with van der Waals surface area (Å²) in [6.07, 6.45) is 1.34. The molecular weight excluding hydrogens is 338 g/mol. The van der Waals surface area contributed by atoms with Crippen LogP contribution in [0.25, 0.3) is 0 Å².